The van der Waals surface area contributed by atoms with Gasteiger partial charge in [-0.3, -0.25) is 4.79 Å². The number of nitrogens with one attached hydrogen (secondary N) is 3. The molecule has 0 radical (unpaired) electrons. The van der Waals surface area contributed by atoms with Crippen LogP contribution in [0.2, 0.25) is 0 Å². The van der Waals surface area contributed by atoms with Crippen molar-refractivity contribution < 1.29 is 9.59 Å². The lowest BCUT2D eigenvalue weighted by Crippen LogP contribution is -2.56. The molecule has 5 heteroatoms. The molecule has 1 fully saturated rings. The second-order valence-corrected chi connectivity index (χ2v) is 6.48. The molecular weight excluding hydrogens is 302 g/mol. The van der Waals surface area contributed by atoms with Gasteiger partial charge in [0, 0.05) is 6.54 Å². The quantitative estimate of drug-likeness (QED) is 0.812. The van der Waals surface area contributed by atoms with Crippen molar-refractivity contribution in [1.82, 2.24) is 16.0 Å². The van der Waals surface area contributed by atoms with Gasteiger partial charge in [-0.05, 0) is 41.7 Å². The summed E-state index contributed by atoms with van der Waals surface area (Å²) in [5.74, 6) is 0.0303. The molecule has 1 heterocycles. The fraction of sp³-hybridized carbons (Fsp3) is 0.368. The molecule has 0 saturated carbocycles. The topological polar surface area (TPSA) is 70.2 Å². The molecule has 0 spiro atoms. The second kappa shape index (κ2) is 6.91. The zero-order chi connectivity index (χ0) is 17.1. The van der Waals surface area contributed by atoms with Crippen LogP contribution in [-0.4, -0.2) is 24.5 Å². The van der Waals surface area contributed by atoms with Crippen molar-refractivity contribution in [3.63, 3.8) is 0 Å². The average molecular weight is 325 g/mol. The van der Waals surface area contributed by atoms with Crippen molar-refractivity contribution in [3.05, 3.63) is 48.0 Å². The molecule has 2 aromatic carbocycles. The van der Waals surface area contributed by atoms with Crippen molar-refractivity contribution in [2.75, 3.05) is 6.54 Å². The molecule has 3 N–H and O–H groups in total. The van der Waals surface area contributed by atoms with Gasteiger partial charge in [0.15, 0.2) is 0 Å². The van der Waals surface area contributed by atoms with Gasteiger partial charge in [-0.1, -0.05) is 43.3 Å². The van der Waals surface area contributed by atoms with E-state index in [1.807, 2.05) is 32.0 Å². The van der Waals surface area contributed by atoms with Gasteiger partial charge in [0.1, 0.15) is 6.04 Å². The lowest BCUT2D eigenvalue weighted by molar-refractivity contribution is -0.125. The minimum absolute atomic E-state index is 0.109. The van der Waals surface area contributed by atoms with Crippen LogP contribution in [0, 0.1) is 5.92 Å². The van der Waals surface area contributed by atoms with Gasteiger partial charge in [-0.15, -0.1) is 0 Å². The first-order valence-electron chi connectivity index (χ1n) is 8.38. The Morgan fingerprint density at radius 2 is 1.96 bits per heavy atom. The summed E-state index contributed by atoms with van der Waals surface area (Å²) < 4.78 is 0. The van der Waals surface area contributed by atoms with Crippen LogP contribution in [0.15, 0.2) is 42.5 Å². The Hall–Kier alpha value is -2.56. The molecule has 3 atom stereocenters. The van der Waals surface area contributed by atoms with E-state index >= 15 is 0 Å². The highest BCUT2D eigenvalue weighted by Crippen LogP contribution is 2.20. The predicted octanol–water partition coefficient (Wildman–Crippen LogP) is 2.72. The summed E-state index contributed by atoms with van der Waals surface area (Å²) in [6.07, 6.45) is 0.872. The fourth-order valence-corrected chi connectivity index (χ4v) is 3.11. The minimum Gasteiger partial charge on any atom is -0.354 e. The Bertz CT molecular complexity index is 759. The Morgan fingerprint density at radius 3 is 2.71 bits per heavy atom. The number of amides is 3. The summed E-state index contributed by atoms with van der Waals surface area (Å²) in [6, 6.07) is 13.3. The standard InChI is InChI=1S/C19H23N3O2/c1-12-9-10-20-18(23)17(12)22-19(24)21-13(2)15-8-7-14-5-3-4-6-16(14)11-15/h3-8,11-13,17H,9-10H2,1-2H3,(H,20,23)(H2,21,22,24)/t12-,13+,17+/m1/s1. The summed E-state index contributed by atoms with van der Waals surface area (Å²) in [6.45, 7) is 4.60. The first kappa shape index (κ1) is 16.3. The van der Waals surface area contributed by atoms with Gasteiger partial charge in [0.25, 0.3) is 0 Å². The van der Waals surface area contributed by atoms with Crippen molar-refractivity contribution in [1.29, 1.82) is 0 Å². The van der Waals surface area contributed by atoms with E-state index in [9.17, 15) is 9.59 Å². The molecule has 1 aliphatic rings. The van der Waals surface area contributed by atoms with Crippen LogP contribution in [0.3, 0.4) is 0 Å². The van der Waals surface area contributed by atoms with Crippen LogP contribution < -0.4 is 16.0 Å². The highest BCUT2D eigenvalue weighted by atomic mass is 16.2. The van der Waals surface area contributed by atoms with E-state index in [1.165, 1.54) is 5.39 Å². The third kappa shape index (κ3) is 3.50. The third-order valence-corrected chi connectivity index (χ3v) is 4.66. The number of benzene rings is 2. The zero-order valence-electron chi connectivity index (χ0n) is 14.0. The second-order valence-electron chi connectivity index (χ2n) is 6.48. The Kier molecular flexibility index (Phi) is 4.69. The molecule has 0 aliphatic carbocycles. The zero-order valence-corrected chi connectivity index (χ0v) is 14.0. The van der Waals surface area contributed by atoms with Gasteiger partial charge < -0.3 is 16.0 Å². The van der Waals surface area contributed by atoms with Crippen molar-refractivity contribution in [2.24, 2.45) is 5.92 Å². The average Bonchev–Trinajstić information content (AvgIpc) is 2.58. The number of fused-ring (bicyclic) bond motifs is 1. The number of piperidine rings is 1. The molecular formula is C19H23N3O2. The fourth-order valence-electron chi connectivity index (χ4n) is 3.11. The Labute approximate surface area is 141 Å². The largest absolute Gasteiger partial charge is 0.354 e. The van der Waals surface area contributed by atoms with E-state index in [0.29, 0.717) is 6.54 Å². The molecule has 3 rings (SSSR count). The monoisotopic (exact) mass is 325 g/mol. The summed E-state index contributed by atoms with van der Waals surface area (Å²) in [5, 5.41) is 10.8. The van der Waals surface area contributed by atoms with E-state index in [0.717, 1.165) is 17.4 Å². The van der Waals surface area contributed by atoms with Gasteiger partial charge in [0.2, 0.25) is 5.91 Å². The predicted molar refractivity (Wildman–Crippen MR) is 94.6 cm³/mol. The molecule has 24 heavy (non-hydrogen) atoms. The molecule has 2 aromatic rings. The first-order valence-corrected chi connectivity index (χ1v) is 8.38. The van der Waals surface area contributed by atoms with E-state index in [4.69, 9.17) is 0 Å². The molecule has 5 nitrogen and oxygen atoms in total. The van der Waals surface area contributed by atoms with Crippen LogP contribution in [0.4, 0.5) is 4.79 Å². The van der Waals surface area contributed by atoms with E-state index < -0.39 is 6.04 Å². The van der Waals surface area contributed by atoms with Gasteiger partial charge in [-0.25, -0.2) is 4.79 Å². The Balaban J connectivity index is 1.65. The molecule has 0 bridgehead atoms. The van der Waals surface area contributed by atoms with Crippen LogP contribution >= 0.6 is 0 Å². The molecule has 0 aromatic heterocycles. The molecule has 3 amide bonds. The number of hydrogen-bond donors (Lipinski definition) is 3. The molecule has 1 aliphatic heterocycles. The van der Waals surface area contributed by atoms with Gasteiger partial charge in [0.05, 0.1) is 6.04 Å². The number of urea groups is 1. The van der Waals surface area contributed by atoms with E-state index in [1.54, 1.807) is 0 Å². The minimum atomic E-state index is -0.470. The maximum atomic E-state index is 12.2. The lowest BCUT2D eigenvalue weighted by Gasteiger charge is -2.29. The molecule has 126 valence electrons. The summed E-state index contributed by atoms with van der Waals surface area (Å²) in [7, 11) is 0. The third-order valence-electron chi connectivity index (χ3n) is 4.66. The van der Waals surface area contributed by atoms with Crippen LogP contribution in [0.25, 0.3) is 10.8 Å². The number of carbonyl (C=O) groups excluding carboxylic acids is 2. The van der Waals surface area contributed by atoms with E-state index in [-0.39, 0.29) is 23.9 Å². The number of carbonyl (C=O) groups is 2. The maximum Gasteiger partial charge on any atom is 0.315 e. The number of hydrogen-bond acceptors (Lipinski definition) is 2. The Morgan fingerprint density at radius 1 is 1.21 bits per heavy atom. The normalized spacial score (nSPS) is 21.8. The summed E-state index contributed by atoms with van der Waals surface area (Å²) >= 11 is 0. The lowest BCUT2D eigenvalue weighted by atomic mass is 9.94. The highest BCUT2D eigenvalue weighted by molar-refractivity contribution is 5.88. The van der Waals surface area contributed by atoms with Gasteiger partial charge in [-0.2, -0.15) is 0 Å². The first-order chi connectivity index (χ1) is 11.5. The summed E-state index contributed by atoms with van der Waals surface area (Å²) in [5.41, 5.74) is 1.03. The van der Waals surface area contributed by atoms with Crippen molar-refractivity contribution in [2.45, 2.75) is 32.4 Å². The van der Waals surface area contributed by atoms with E-state index in [2.05, 4.69) is 40.2 Å². The highest BCUT2D eigenvalue weighted by Gasteiger charge is 2.30. The van der Waals surface area contributed by atoms with Crippen molar-refractivity contribution in [3.8, 4) is 0 Å². The van der Waals surface area contributed by atoms with Crippen molar-refractivity contribution >= 4 is 22.7 Å². The molecule has 1 saturated heterocycles. The summed E-state index contributed by atoms with van der Waals surface area (Å²) in [4.78, 5) is 24.1. The smallest absolute Gasteiger partial charge is 0.315 e. The van der Waals surface area contributed by atoms with Crippen LogP contribution in [0.1, 0.15) is 31.9 Å². The SMILES string of the molecule is C[C@H](NC(=O)N[C@@H]1C(=O)NCC[C@H]1C)c1ccc2ccccc2c1. The van der Waals surface area contributed by atoms with Crippen LogP contribution in [-0.2, 0) is 4.79 Å². The van der Waals surface area contributed by atoms with Gasteiger partial charge >= 0.3 is 6.03 Å². The maximum absolute atomic E-state index is 12.2. The van der Waals surface area contributed by atoms with Crippen LogP contribution in [0.5, 0.6) is 0 Å². The molecule has 0 unspecified atom stereocenters. The number of rotatable bonds is 3.